The van der Waals surface area contributed by atoms with Crippen LogP contribution < -0.4 is 0 Å². The van der Waals surface area contributed by atoms with E-state index in [1.807, 2.05) is 48.6 Å². The molecular formula is C20H17FN6. The lowest BCUT2D eigenvalue weighted by Crippen LogP contribution is -2.14. The second kappa shape index (κ2) is 6.12. The Bertz CT molecular complexity index is 1180. The van der Waals surface area contributed by atoms with Gasteiger partial charge in [-0.15, -0.1) is 0 Å². The van der Waals surface area contributed by atoms with E-state index in [0.29, 0.717) is 17.5 Å². The Hall–Kier alpha value is -3.35. The van der Waals surface area contributed by atoms with Crippen molar-refractivity contribution in [3.8, 4) is 0 Å². The van der Waals surface area contributed by atoms with Gasteiger partial charge in [-0.25, -0.2) is 13.9 Å². The Morgan fingerprint density at radius 1 is 1.19 bits per heavy atom. The number of hydrogen-bond acceptors (Lipinski definition) is 5. The van der Waals surface area contributed by atoms with E-state index in [-0.39, 0.29) is 11.7 Å². The summed E-state index contributed by atoms with van der Waals surface area (Å²) in [5, 5.41) is 11.8. The molecule has 3 aromatic heterocycles. The number of benzene rings is 1. The van der Waals surface area contributed by atoms with Crippen LogP contribution in [-0.2, 0) is 6.42 Å². The maximum Gasteiger partial charge on any atom is 0.153 e. The Balaban J connectivity index is 1.53. The summed E-state index contributed by atoms with van der Waals surface area (Å²) in [6.45, 7) is 0.800. The van der Waals surface area contributed by atoms with Crippen LogP contribution >= 0.6 is 0 Å². The van der Waals surface area contributed by atoms with Crippen molar-refractivity contribution in [1.29, 1.82) is 0 Å². The van der Waals surface area contributed by atoms with Crippen LogP contribution in [0.1, 0.15) is 22.9 Å². The first kappa shape index (κ1) is 15.9. The fourth-order valence-electron chi connectivity index (χ4n) is 3.47. The van der Waals surface area contributed by atoms with Gasteiger partial charge < -0.3 is 0 Å². The van der Waals surface area contributed by atoms with E-state index in [2.05, 4.69) is 15.1 Å². The van der Waals surface area contributed by atoms with Crippen LogP contribution in [0.5, 0.6) is 0 Å². The molecule has 0 spiro atoms. The first-order chi connectivity index (χ1) is 13.2. The van der Waals surface area contributed by atoms with E-state index in [4.69, 9.17) is 5.10 Å². The molecule has 0 saturated heterocycles. The van der Waals surface area contributed by atoms with E-state index in [9.17, 15) is 4.39 Å². The minimum Gasteiger partial charge on any atom is -0.299 e. The molecule has 4 aromatic rings. The zero-order chi connectivity index (χ0) is 18.4. The van der Waals surface area contributed by atoms with Gasteiger partial charge in [-0.3, -0.25) is 9.99 Å². The molecule has 1 aliphatic rings. The Morgan fingerprint density at radius 3 is 2.96 bits per heavy atom. The summed E-state index contributed by atoms with van der Waals surface area (Å²) in [6.07, 6.45) is 5.74. The minimum absolute atomic E-state index is 0.151. The lowest BCUT2D eigenvalue weighted by molar-refractivity contribution is 0.379. The van der Waals surface area contributed by atoms with Crippen molar-refractivity contribution < 1.29 is 4.39 Å². The van der Waals surface area contributed by atoms with Gasteiger partial charge in [0, 0.05) is 43.9 Å². The molecule has 0 radical (unpaired) electrons. The summed E-state index contributed by atoms with van der Waals surface area (Å²) >= 11 is 0. The van der Waals surface area contributed by atoms with Crippen molar-refractivity contribution in [3.05, 3.63) is 71.6 Å². The van der Waals surface area contributed by atoms with Gasteiger partial charge in [0.1, 0.15) is 5.82 Å². The molecule has 1 unspecified atom stereocenters. The van der Waals surface area contributed by atoms with Crippen LogP contribution in [-0.4, -0.2) is 44.4 Å². The molecule has 6 nitrogen and oxygen atoms in total. The smallest absolute Gasteiger partial charge is 0.153 e. The highest BCUT2D eigenvalue weighted by Gasteiger charge is 2.19. The third kappa shape index (κ3) is 2.81. The summed E-state index contributed by atoms with van der Waals surface area (Å²) in [5.74, 6) is -0.116. The largest absolute Gasteiger partial charge is 0.299 e. The zero-order valence-corrected chi connectivity index (χ0v) is 14.7. The van der Waals surface area contributed by atoms with E-state index in [0.717, 1.165) is 29.0 Å². The van der Waals surface area contributed by atoms with Gasteiger partial charge in [0.05, 0.1) is 29.0 Å². The number of halogens is 1. The molecule has 27 heavy (non-hydrogen) atoms. The predicted octanol–water partition coefficient (Wildman–Crippen LogP) is 3.02. The highest BCUT2D eigenvalue weighted by Crippen LogP contribution is 2.22. The number of fused-ring (bicyclic) bond motifs is 2. The van der Waals surface area contributed by atoms with Crippen molar-refractivity contribution >= 4 is 22.8 Å². The lowest BCUT2D eigenvalue weighted by Gasteiger charge is -2.10. The molecule has 1 aliphatic heterocycles. The van der Waals surface area contributed by atoms with E-state index < -0.39 is 0 Å². The van der Waals surface area contributed by atoms with Crippen LogP contribution in [0.2, 0.25) is 0 Å². The number of pyridine rings is 1. The van der Waals surface area contributed by atoms with Gasteiger partial charge in [-0.2, -0.15) is 10.2 Å². The molecular weight excluding hydrogens is 343 g/mol. The van der Waals surface area contributed by atoms with Crippen molar-refractivity contribution in [2.75, 3.05) is 13.6 Å². The minimum atomic E-state index is -0.267. The normalized spacial score (nSPS) is 16.7. The number of nitrogens with zero attached hydrogens (tertiary/aromatic N) is 6. The summed E-state index contributed by atoms with van der Waals surface area (Å²) in [4.78, 5) is 8.62. The SMILES string of the molecule is CN1CC(c2ccc3ncc(Cc4cc5cccnc5cc4F)n3n2)C=N1. The first-order valence-corrected chi connectivity index (χ1v) is 8.79. The fourth-order valence-corrected chi connectivity index (χ4v) is 3.47. The quantitative estimate of drug-likeness (QED) is 0.563. The molecule has 7 heteroatoms. The van der Waals surface area contributed by atoms with E-state index >= 15 is 0 Å². The summed E-state index contributed by atoms with van der Waals surface area (Å²) in [5.41, 5.74) is 3.78. The molecule has 0 fully saturated rings. The van der Waals surface area contributed by atoms with Crippen LogP contribution in [0.15, 0.2) is 53.9 Å². The fraction of sp³-hybridized carbons (Fsp3) is 0.200. The topological polar surface area (TPSA) is 58.7 Å². The molecule has 134 valence electrons. The number of imidazole rings is 1. The van der Waals surface area contributed by atoms with E-state index in [1.165, 1.54) is 6.07 Å². The summed E-state index contributed by atoms with van der Waals surface area (Å²) in [7, 11) is 1.94. The first-order valence-electron chi connectivity index (χ1n) is 8.79. The number of hydrazone groups is 1. The molecule has 5 rings (SSSR count). The standard InChI is InChI=1S/C20H17FN6/c1-26-12-15(10-24-26)18-4-5-20-23-11-16(27(20)25-18)8-14-7-13-3-2-6-22-19(13)9-17(14)21/h2-7,9-11,15H,8,12H2,1H3. The van der Waals surface area contributed by atoms with Crippen molar-refractivity contribution in [3.63, 3.8) is 0 Å². The molecule has 0 N–H and O–H groups in total. The summed E-state index contributed by atoms with van der Waals surface area (Å²) < 4.78 is 16.4. The zero-order valence-electron chi connectivity index (χ0n) is 14.7. The Labute approximate surface area is 155 Å². The second-order valence-electron chi connectivity index (χ2n) is 6.81. The molecule has 1 atom stereocenters. The van der Waals surface area contributed by atoms with Crippen molar-refractivity contribution in [1.82, 2.24) is 24.6 Å². The van der Waals surface area contributed by atoms with Crippen LogP contribution in [0.25, 0.3) is 16.6 Å². The monoisotopic (exact) mass is 360 g/mol. The van der Waals surface area contributed by atoms with Gasteiger partial charge in [0.2, 0.25) is 0 Å². The van der Waals surface area contributed by atoms with Crippen LogP contribution in [0.3, 0.4) is 0 Å². The highest BCUT2D eigenvalue weighted by atomic mass is 19.1. The highest BCUT2D eigenvalue weighted by molar-refractivity contribution is 5.79. The molecule has 0 aliphatic carbocycles. The van der Waals surface area contributed by atoms with Crippen LogP contribution in [0, 0.1) is 5.82 Å². The maximum absolute atomic E-state index is 14.6. The van der Waals surface area contributed by atoms with Gasteiger partial charge in [0.25, 0.3) is 0 Å². The Morgan fingerprint density at radius 2 is 2.11 bits per heavy atom. The van der Waals surface area contributed by atoms with Crippen molar-refractivity contribution in [2.45, 2.75) is 12.3 Å². The van der Waals surface area contributed by atoms with Gasteiger partial charge in [-0.1, -0.05) is 6.07 Å². The molecule has 0 saturated carbocycles. The average molecular weight is 360 g/mol. The third-order valence-electron chi connectivity index (χ3n) is 4.88. The van der Waals surface area contributed by atoms with Gasteiger partial charge in [0.15, 0.2) is 5.65 Å². The number of hydrogen-bond donors (Lipinski definition) is 0. The molecule has 1 aromatic carbocycles. The summed E-state index contributed by atoms with van der Waals surface area (Å²) in [6, 6.07) is 11.0. The van der Waals surface area contributed by atoms with E-state index in [1.54, 1.807) is 16.9 Å². The Kier molecular flexibility index (Phi) is 3.60. The number of likely N-dealkylation sites (N-methyl/N-ethyl adjacent to an activating group) is 1. The predicted molar refractivity (Wildman–Crippen MR) is 101 cm³/mol. The third-order valence-corrected chi connectivity index (χ3v) is 4.88. The van der Waals surface area contributed by atoms with Crippen LogP contribution in [0.4, 0.5) is 4.39 Å². The van der Waals surface area contributed by atoms with Crippen molar-refractivity contribution in [2.24, 2.45) is 5.10 Å². The lowest BCUT2D eigenvalue weighted by atomic mass is 10.1. The van der Waals surface area contributed by atoms with Gasteiger partial charge in [-0.05, 0) is 29.8 Å². The maximum atomic E-state index is 14.6. The molecule has 0 amide bonds. The average Bonchev–Trinajstić information content (AvgIpc) is 3.28. The second-order valence-corrected chi connectivity index (χ2v) is 6.81. The van der Waals surface area contributed by atoms with Gasteiger partial charge >= 0.3 is 0 Å². The number of rotatable bonds is 3. The molecule has 4 heterocycles. The molecule has 0 bridgehead atoms. The number of aromatic nitrogens is 4.